The summed E-state index contributed by atoms with van der Waals surface area (Å²) < 4.78 is 3.03. The van der Waals surface area contributed by atoms with E-state index in [4.69, 9.17) is 0 Å². The fraction of sp³-hybridized carbons (Fsp3) is 0.154. The summed E-state index contributed by atoms with van der Waals surface area (Å²) in [6.07, 6.45) is 1.80. The summed E-state index contributed by atoms with van der Waals surface area (Å²) in [5, 5.41) is 3.36. The first-order valence-electron chi connectivity index (χ1n) is 5.36. The van der Waals surface area contributed by atoms with Crippen LogP contribution in [-0.2, 0) is 6.54 Å². The van der Waals surface area contributed by atoms with Crippen LogP contribution < -0.4 is 5.32 Å². The molecule has 0 unspecified atom stereocenters. The molecular weight excluding hydrogens is 424 g/mol. The number of nitrogens with zero attached hydrogens (tertiary/aromatic N) is 1. The highest BCUT2D eigenvalue weighted by molar-refractivity contribution is 9.11. The molecule has 0 fully saturated rings. The smallest absolute Gasteiger partial charge is 0.0737 e. The average Bonchev–Trinajstić information content (AvgIpc) is 2.30. The molecule has 0 aliphatic heterocycles. The molecule has 2 rings (SSSR count). The van der Waals surface area contributed by atoms with Crippen LogP contribution in [0.1, 0.15) is 11.3 Å². The molecule has 0 aliphatic carbocycles. The average molecular weight is 435 g/mol. The van der Waals surface area contributed by atoms with Crippen molar-refractivity contribution in [1.82, 2.24) is 4.98 Å². The lowest BCUT2D eigenvalue weighted by atomic mass is 10.2. The zero-order valence-corrected chi connectivity index (χ0v) is 14.4. The van der Waals surface area contributed by atoms with Crippen molar-refractivity contribution >= 4 is 53.5 Å². The Morgan fingerprint density at radius 1 is 1.11 bits per heavy atom. The molecule has 2 nitrogen and oxygen atoms in total. The Kier molecular flexibility index (Phi) is 4.81. The lowest BCUT2D eigenvalue weighted by Crippen LogP contribution is -2.03. The third-order valence-corrected chi connectivity index (χ3v) is 4.23. The molecular formula is C13H11Br3N2. The Balaban J connectivity index is 2.11. The number of hydrogen-bond acceptors (Lipinski definition) is 2. The standard InChI is InChI=1S/C13H11Br3N2/c1-8-2-3-12(10(15)4-8)18-7-13-11(16)5-9(14)6-17-13/h2-6,18H,7H2,1H3. The minimum Gasteiger partial charge on any atom is -0.378 e. The van der Waals surface area contributed by atoms with Crippen LogP contribution in [0.4, 0.5) is 5.69 Å². The lowest BCUT2D eigenvalue weighted by Gasteiger charge is -2.10. The molecule has 94 valence electrons. The monoisotopic (exact) mass is 432 g/mol. The molecule has 1 aromatic carbocycles. The van der Waals surface area contributed by atoms with E-state index < -0.39 is 0 Å². The van der Waals surface area contributed by atoms with Crippen LogP contribution in [0.15, 0.2) is 43.9 Å². The summed E-state index contributed by atoms with van der Waals surface area (Å²) in [4.78, 5) is 4.37. The molecule has 0 saturated heterocycles. The van der Waals surface area contributed by atoms with Gasteiger partial charge >= 0.3 is 0 Å². The van der Waals surface area contributed by atoms with E-state index in [1.54, 1.807) is 6.20 Å². The van der Waals surface area contributed by atoms with Gasteiger partial charge in [0.15, 0.2) is 0 Å². The topological polar surface area (TPSA) is 24.9 Å². The van der Waals surface area contributed by atoms with Crippen molar-refractivity contribution in [3.63, 3.8) is 0 Å². The van der Waals surface area contributed by atoms with Crippen LogP contribution in [0, 0.1) is 6.92 Å². The zero-order valence-electron chi connectivity index (χ0n) is 9.67. The van der Waals surface area contributed by atoms with Crippen molar-refractivity contribution in [2.75, 3.05) is 5.32 Å². The number of pyridine rings is 1. The van der Waals surface area contributed by atoms with Crippen LogP contribution in [0.2, 0.25) is 0 Å². The highest BCUT2D eigenvalue weighted by Gasteiger charge is 2.04. The van der Waals surface area contributed by atoms with Gasteiger partial charge in [-0.05, 0) is 78.5 Å². The van der Waals surface area contributed by atoms with Crippen LogP contribution >= 0.6 is 47.8 Å². The Hall–Kier alpha value is -0.390. The molecule has 18 heavy (non-hydrogen) atoms. The predicted octanol–water partition coefficient (Wildman–Crippen LogP) is 5.29. The maximum Gasteiger partial charge on any atom is 0.0737 e. The molecule has 0 bridgehead atoms. The van der Waals surface area contributed by atoms with E-state index in [0.717, 1.165) is 24.8 Å². The molecule has 0 spiro atoms. The van der Waals surface area contributed by atoms with Gasteiger partial charge in [0.2, 0.25) is 0 Å². The van der Waals surface area contributed by atoms with Crippen molar-refractivity contribution in [2.24, 2.45) is 0 Å². The molecule has 0 amide bonds. The van der Waals surface area contributed by atoms with Gasteiger partial charge in [0, 0.05) is 25.3 Å². The van der Waals surface area contributed by atoms with Crippen molar-refractivity contribution in [3.05, 3.63) is 55.1 Å². The second-order valence-electron chi connectivity index (χ2n) is 3.92. The largest absolute Gasteiger partial charge is 0.378 e. The Morgan fingerprint density at radius 3 is 2.56 bits per heavy atom. The molecule has 1 aromatic heterocycles. The van der Waals surface area contributed by atoms with Gasteiger partial charge in [0.1, 0.15) is 0 Å². The second-order valence-corrected chi connectivity index (χ2v) is 6.54. The molecule has 5 heteroatoms. The van der Waals surface area contributed by atoms with E-state index in [2.05, 4.69) is 83.2 Å². The van der Waals surface area contributed by atoms with Gasteiger partial charge in [-0.25, -0.2) is 0 Å². The first-order valence-corrected chi connectivity index (χ1v) is 7.74. The van der Waals surface area contributed by atoms with E-state index in [-0.39, 0.29) is 0 Å². The summed E-state index contributed by atoms with van der Waals surface area (Å²) in [6, 6.07) is 8.23. The molecule has 0 radical (unpaired) electrons. The van der Waals surface area contributed by atoms with Gasteiger partial charge < -0.3 is 5.32 Å². The molecule has 0 aliphatic rings. The van der Waals surface area contributed by atoms with Gasteiger partial charge in [-0.15, -0.1) is 0 Å². The van der Waals surface area contributed by atoms with Crippen LogP contribution in [0.3, 0.4) is 0 Å². The fourth-order valence-corrected chi connectivity index (χ4v) is 3.28. The second kappa shape index (κ2) is 6.17. The first-order chi connectivity index (χ1) is 8.56. The molecule has 1 heterocycles. The third-order valence-electron chi connectivity index (χ3n) is 2.45. The quantitative estimate of drug-likeness (QED) is 0.710. The number of halogens is 3. The number of nitrogens with one attached hydrogen (secondary N) is 1. The lowest BCUT2D eigenvalue weighted by molar-refractivity contribution is 1.03. The summed E-state index contributed by atoms with van der Waals surface area (Å²) in [5.74, 6) is 0. The molecule has 0 atom stereocenters. The number of rotatable bonds is 3. The van der Waals surface area contributed by atoms with Crippen molar-refractivity contribution in [3.8, 4) is 0 Å². The predicted molar refractivity (Wildman–Crippen MR) is 85.8 cm³/mol. The van der Waals surface area contributed by atoms with Gasteiger partial charge in [-0.2, -0.15) is 0 Å². The summed E-state index contributed by atoms with van der Waals surface area (Å²) in [5.41, 5.74) is 3.28. The summed E-state index contributed by atoms with van der Waals surface area (Å²) in [6.45, 7) is 2.75. The van der Waals surface area contributed by atoms with Gasteiger partial charge in [-0.3, -0.25) is 4.98 Å². The maximum atomic E-state index is 4.37. The van der Waals surface area contributed by atoms with Crippen molar-refractivity contribution in [1.29, 1.82) is 0 Å². The van der Waals surface area contributed by atoms with E-state index in [0.29, 0.717) is 6.54 Å². The van der Waals surface area contributed by atoms with E-state index in [1.165, 1.54) is 5.56 Å². The molecule has 1 N–H and O–H groups in total. The molecule has 0 saturated carbocycles. The van der Waals surface area contributed by atoms with E-state index in [1.807, 2.05) is 6.07 Å². The van der Waals surface area contributed by atoms with Gasteiger partial charge in [0.25, 0.3) is 0 Å². The summed E-state index contributed by atoms with van der Waals surface area (Å²) >= 11 is 10.4. The summed E-state index contributed by atoms with van der Waals surface area (Å²) in [7, 11) is 0. The van der Waals surface area contributed by atoms with Crippen molar-refractivity contribution < 1.29 is 0 Å². The Bertz CT molecular complexity index is 519. The fourth-order valence-electron chi connectivity index (χ4n) is 1.52. The minimum atomic E-state index is 0.676. The number of aromatic nitrogens is 1. The number of anilines is 1. The Labute approximate surface area is 132 Å². The maximum absolute atomic E-state index is 4.37. The van der Waals surface area contributed by atoms with E-state index in [9.17, 15) is 0 Å². The first kappa shape index (κ1) is 14.0. The highest BCUT2D eigenvalue weighted by atomic mass is 79.9. The third kappa shape index (κ3) is 3.56. The highest BCUT2D eigenvalue weighted by Crippen LogP contribution is 2.25. The van der Waals surface area contributed by atoms with Crippen molar-refractivity contribution in [2.45, 2.75) is 13.5 Å². The normalized spacial score (nSPS) is 10.4. The van der Waals surface area contributed by atoms with Crippen LogP contribution in [0.25, 0.3) is 0 Å². The number of hydrogen-bond donors (Lipinski definition) is 1. The van der Waals surface area contributed by atoms with Crippen LogP contribution in [-0.4, -0.2) is 4.98 Å². The zero-order chi connectivity index (χ0) is 13.1. The van der Waals surface area contributed by atoms with Gasteiger partial charge in [0.05, 0.1) is 12.2 Å². The SMILES string of the molecule is Cc1ccc(NCc2ncc(Br)cc2Br)c(Br)c1. The number of benzene rings is 1. The number of aryl methyl sites for hydroxylation is 1. The van der Waals surface area contributed by atoms with E-state index >= 15 is 0 Å². The Morgan fingerprint density at radius 2 is 1.89 bits per heavy atom. The van der Waals surface area contributed by atoms with Gasteiger partial charge in [-0.1, -0.05) is 6.07 Å². The minimum absolute atomic E-state index is 0.676. The van der Waals surface area contributed by atoms with Crippen LogP contribution in [0.5, 0.6) is 0 Å². The molecule has 2 aromatic rings.